The molecule has 1 aromatic heterocycles. The summed E-state index contributed by atoms with van der Waals surface area (Å²) in [6.45, 7) is 5.91. The number of fused-ring (bicyclic) bond motifs is 1. The molecule has 0 saturated carbocycles. The standard InChI is InChI=1S/C23H29N5O2/c1-17(22(29)24-16-18-8-3-6-11-21(18)30-2)27-12-7-13-28(15-14-27)23-25-19-9-4-5-10-20(19)26-23/h3-6,8-11,17H,7,12-16H2,1-2H3,(H,24,29)(H,25,26)/t17-/m1/s1. The van der Waals surface area contributed by atoms with Crippen LogP contribution in [0.4, 0.5) is 5.95 Å². The van der Waals surface area contributed by atoms with Gasteiger partial charge in [0.2, 0.25) is 11.9 Å². The molecule has 3 aromatic rings. The Balaban J connectivity index is 1.34. The van der Waals surface area contributed by atoms with Crippen LogP contribution in [0.3, 0.4) is 0 Å². The minimum Gasteiger partial charge on any atom is -0.496 e. The molecule has 1 fully saturated rings. The lowest BCUT2D eigenvalue weighted by molar-refractivity contribution is -0.126. The SMILES string of the molecule is COc1ccccc1CNC(=O)[C@@H](C)N1CCCN(c2nc3ccccc3[nH]2)CC1. The Morgan fingerprint density at radius 1 is 1.13 bits per heavy atom. The van der Waals surface area contributed by atoms with Crippen molar-refractivity contribution in [3.8, 4) is 5.75 Å². The van der Waals surface area contributed by atoms with Crippen molar-refractivity contribution in [2.24, 2.45) is 0 Å². The second kappa shape index (κ2) is 9.17. The van der Waals surface area contributed by atoms with E-state index < -0.39 is 0 Å². The van der Waals surface area contributed by atoms with E-state index in [1.807, 2.05) is 55.5 Å². The number of nitrogens with zero attached hydrogens (tertiary/aromatic N) is 3. The molecule has 2 aromatic carbocycles. The van der Waals surface area contributed by atoms with Crippen LogP contribution in [0.2, 0.25) is 0 Å². The molecule has 4 rings (SSSR count). The summed E-state index contributed by atoms with van der Waals surface area (Å²) in [6.07, 6.45) is 0.987. The first-order valence-corrected chi connectivity index (χ1v) is 10.5. The maximum Gasteiger partial charge on any atom is 0.237 e. The van der Waals surface area contributed by atoms with Gasteiger partial charge in [-0.15, -0.1) is 0 Å². The molecular weight excluding hydrogens is 378 g/mol. The number of imidazole rings is 1. The maximum absolute atomic E-state index is 12.8. The summed E-state index contributed by atoms with van der Waals surface area (Å²) in [5.41, 5.74) is 3.02. The van der Waals surface area contributed by atoms with Crippen molar-refractivity contribution in [3.63, 3.8) is 0 Å². The number of hydrogen-bond acceptors (Lipinski definition) is 5. The molecule has 0 unspecified atom stereocenters. The van der Waals surface area contributed by atoms with Gasteiger partial charge in [-0.3, -0.25) is 9.69 Å². The predicted molar refractivity (Wildman–Crippen MR) is 119 cm³/mol. The Kier molecular flexibility index (Phi) is 6.18. The molecule has 0 radical (unpaired) electrons. The highest BCUT2D eigenvalue weighted by Crippen LogP contribution is 2.19. The number of amides is 1. The number of benzene rings is 2. The highest BCUT2D eigenvalue weighted by Gasteiger charge is 2.25. The molecule has 7 nitrogen and oxygen atoms in total. The van der Waals surface area contributed by atoms with E-state index in [0.717, 1.165) is 60.9 Å². The summed E-state index contributed by atoms with van der Waals surface area (Å²) in [7, 11) is 1.65. The van der Waals surface area contributed by atoms with Crippen LogP contribution in [0.5, 0.6) is 5.75 Å². The molecule has 1 atom stereocenters. The Morgan fingerprint density at radius 2 is 1.93 bits per heavy atom. The van der Waals surface area contributed by atoms with Gasteiger partial charge in [0.25, 0.3) is 0 Å². The third-order valence-electron chi connectivity index (χ3n) is 5.78. The quantitative estimate of drug-likeness (QED) is 0.657. The minimum absolute atomic E-state index is 0.0399. The van der Waals surface area contributed by atoms with Crippen LogP contribution < -0.4 is 15.0 Å². The van der Waals surface area contributed by atoms with Crippen LogP contribution in [0.25, 0.3) is 11.0 Å². The molecule has 30 heavy (non-hydrogen) atoms. The van der Waals surface area contributed by atoms with Gasteiger partial charge in [0.1, 0.15) is 5.75 Å². The van der Waals surface area contributed by atoms with Gasteiger partial charge < -0.3 is 19.9 Å². The fourth-order valence-electron chi connectivity index (χ4n) is 3.97. The zero-order valence-electron chi connectivity index (χ0n) is 17.6. The Hall–Kier alpha value is -3.06. The van der Waals surface area contributed by atoms with E-state index in [1.54, 1.807) is 7.11 Å². The topological polar surface area (TPSA) is 73.5 Å². The maximum atomic E-state index is 12.8. The van der Waals surface area contributed by atoms with Crippen molar-refractivity contribution >= 4 is 22.9 Å². The van der Waals surface area contributed by atoms with Crippen LogP contribution in [0.15, 0.2) is 48.5 Å². The summed E-state index contributed by atoms with van der Waals surface area (Å²) in [5, 5.41) is 3.06. The van der Waals surface area contributed by atoms with Crippen molar-refractivity contribution in [3.05, 3.63) is 54.1 Å². The van der Waals surface area contributed by atoms with E-state index in [1.165, 1.54) is 0 Å². The lowest BCUT2D eigenvalue weighted by Gasteiger charge is -2.27. The summed E-state index contributed by atoms with van der Waals surface area (Å²) in [4.78, 5) is 25.4. The lowest BCUT2D eigenvalue weighted by atomic mass is 10.2. The third-order valence-corrected chi connectivity index (χ3v) is 5.78. The number of para-hydroxylation sites is 3. The van der Waals surface area contributed by atoms with Crippen LogP contribution in [0.1, 0.15) is 18.9 Å². The molecule has 0 spiro atoms. The molecule has 2 N–H and O–H groups in total. The van der Waals surface area contributed by atoms with E-state index in [9.17, 15) is 4.79 Å². The smallest absolute Gasteiger partial charge is 0.237 e. The second-order valence-corrected chi connectivity index (χ2v) is 7.66. The molecule has 7 heteroatoms. The van der Waals surface area contributed by atoms with Gasteiger partial charge in [-0.05, 0) is 31.5 Å². The molecule has 1 amide bonds. The normalized spacial score (nSPS) is 16.3. The van der Waals surface area contributed by atoms with Crippen LogP contribution in [-0.4, -0.2) is 60.1 Å². The molecule has 2 heterocycles. The fraction of sp³-hybridized carbons (Fsp3) is 0.391. The van der Waals surface area contributed by atoms with Crippen LogP contribution in [0, 0.1) is 0 Å². The van der Waals surface area contributed by atoms with Crippen molar-refractivity contribution < 1.29 is 9.53 Å². The largest absolute Gasteiger partial charge is 0.496 e. The van der Waals surface area contributed by atoms with Gasteiger partial charge in [0.15, 0.2) is 0 Å². The molecule has 1 saturated heterocycles. The summed E-state index contributed by atoms with van der Waals surface area (Å²) < 4.78 is 5.37. The first-order valence-electron chi connectivity index (χ1n) is 10.5. The van der Waals surface area contributed by atoms with E-state index in [-0.39, 0.29) is 11.9 Å². The van der Waals surface area contributed by atoms with E-state index in [4.69, 9.17) is 9.72 Å². The number of hydrogen-bond donors (Lipinski definition) is 2. The summed E-state index contributed by atoms with van der Waals surface area (Å²) >= 11 is 0. The molecule has 0 aliphatic carbocycles. The van der Waals surface area contributed by atoms with E-state index in [2.05, 4.69) is 20.1 Å². The van der Waals surface area contributed by atoms with Gasteiger partial charge in [-0.1, -0.05) is 30.3 Å². The van der Waals surface area contributed by atoms with Gasteiger partial charge in [0.05, 0.1) is 24.2 Å². The number of rotatable bonds is 6. The fourth-order valence-corrected chi connectivity index (χ4v) is 3.97. The number of H-pyrrole nitrogens is 1. The van der Waals surface area contributed by atoms with Crippen molar-refractivity contribution in [1.82, 2.24) is 20.2 Å². The second-order valence-electron chi connectivity index (χ2n) is 7.66. The number of methoxy groups -OCH3 is 1. The average molecular weight is 408 g/mol. The lowest BCUT2D eigenvalue weighted by Crippen LogP contribution is -2.46. The number of nitrogens with one attached hydrogen (secondary N) is 2. The van der Waals surface area contributed by atoms with Crippen LogP contribution >= 0.6 is 0 Å². The Morgan fingerprint density at radius 3 is 2.77 bits per heavy atom. The molecule has 0 bridgehead atoms. The number of carbonyl (C=O) groups excluding carboxylic acids is 1. The number of ether oxygens (including phenoxy) is 1. The highest BCUT2D eigenvalue weighted by molar-refractivity contribution is 5.81. The van der Waals surface area contributed by atoms with Gasteiger partial charge in [0, 0.05) is 38.3 Å². The Labute approximate surface area is 177 Å². The van der Waals surface area contributed by atoms with Gasteiger partial charge in [-0.25, -0.2) is 4.98 Å². The highest BCUT2D eigenvalue weighted by atomic mass is 16.5. The van der Waals surface area contributed by atoms with Crippen molar-refractivity contribution in [2.45, 2.75) is 25.9 Å². The number of aromatic nitrogens is 2. The first-order chi connectivity index (χ1) is 14.7. The number of aromatic amines is 1. The average Bonchev–Trinajstić information content (AvgIpc) is 3.06. The molecule has 1 aliphatic heterocycles. The van der Waals surface area contributed by atoms with Crippen molar-refractivity contribution in [2.75, 3.05) is 38.2 Å². The number of carbonyl (C=O) groups is 1. The van der Waals surface area contributed by atoms with Gasteiger partial charge >= 0.3 is 0 Å². The van der Waals surface area contributed by atoms with Crippen molar-refractivity contribution in [1.29, 1.82) is 0 Å². The van der Waals surface area contributed by atoms with Crippen LogP contribution in [-0.2, 0) is 11.3 Å². The zero-order chi connectivity index (χ0) is 20.9. The molecular formula is C23H29N5O2. The van der Waals surface area contributed by atoms with E-state index >= 15 is 0 Å². The third kappa shape index (κ3) is 4.41. The van der Waals surface area contributed by atoms with E-state index in [0.29, 0.717) is 6.54 Å². The zero-order valence-corrected chi connectivity index (χ0v) is 17.6. The van der Waals surface area contributed by atoms with Gasteiger partial charge in [-0.2, -0.15) is 0 Å². The Bertz CT molecular complexity index is 969. The first kappa shape index (κ1) is 20.2. The molecule has 1 aliphatic rings. The number of anilines is 1. The summed E-state index contributed by atoms with van der Waals surface area (Å²) in [5.74, 6) is 1.74. The minimum atomic E-state index is -0.185. The predicted octanol–water partition coefficient (Wildman–Crippen LogP) is 2.79. The summed E-state index contributed by atoms with van der Waals surface area (Å²) in [6, 6.07) is 15.7. The molecule has 158 valence electrons. The monoisotopic (exact) mass is 407 g/mol.